The van der Waals surface area contributed by atoms with E-state index in [1.807, 2.05) is 0 Å². The molecule has 0 aromatic carbocycles. The number of phosphoric acid groups is 1. The topological polar surface area (TPSA) is 108 Å². The second-order valence-electron chi connectivity index (χ2n) is 11.5. The molecule has 0 fully saturated rings. The average Bonchev–Trinajstić information content (AvgIpc) is 2.97. The predicted molar refractivity (Wildman–Crippen MR) is 175 cm³/mol. The van der Waals surface area contributed by atoms with Gasteiger partial charge in [-0.05, 0) is 45.4 Å². The maximum Gasteiger partial charge on any atom is 0.472 e. The van der Waals surface area contributed by atoms with E-state index >= 15 is 0 Å². The molecule has 9 heteroatoms. The number of carbonyl (C=O) groups is 2. The van der Waals surface area contributed by atoms with Crippen molar-refractivity contribution in [2.75, 3.05) is 19.8 Å². The molecule has 1 N–H and O–H groups in total. The predicted octanol–water partition coefficient (Wildman–Crippen LogP) is 10.2. The van der Waals surface area contributed by atoms with Crippen LogP contribution in [0.25, 0.3) is 0 Å². The lowest BCUT2D eigenvalue weighted by molar-refractivity contribution is -0.161. The number of ether oxygens (including phenoxy) is 2. The summed E-state index contributed by atoms with van der Waals surface area (Å²) in [4.78, 5) is 34.4. The Morgan fingerprint density at radius 1 is 0.605 bits per heavy atom. The van der Waals surface area contributed by atoms with Crippen molar-refractivity contribution >= 4 is 19.8 Å². The first-order valence-electron chi connectivity index (χ1n) is 17.5. The highest BCUT2D eigenvalue weighted by atomic mass is 31.2. The molecule has 0 aliphatic carbocycles. The number of allylic oxidation sites excluding steroid dienone is 2. The van der Waals surface area contributed by atoms with Crippen molar-refractivity contribution in [1.82, 2.24) is 0 Å². The molecule has 2 unspecified atom stereocenters. The van der Waals surface area contributed by atoms with E-state index in [-0.39, 0.29) is 25.6 Å². The highest BCUT2D eigenvalue weighted by molar-refractivity contribution is 7.47. The van der Waals surface area contributed by atoms with Crippen molar-refractivity contribution in [2.45, 2.75) is 175 Å². The Bertz CT molecular complexity index is 727. The summed E-state index contributed by atoms with van der Waals surface area (Å²) in [5, 5.41) is 0. The fourth-order valence-electron chi connectivity index (χ4n) is 4.74. The van der Waals surface area contributed by atoms with Gasteiger partial charge in [0.15, 0.2) is 6.10 Å². The number of unbranched alkanes of at least 4 members (excludes halogenated alkanes) is 18. The molecule has 0 aliphatic heterocycles. The van der Waals surface area contributed by atoms with Crippen LogP contribution in [0.1, 0.15) is 168 Å². The van der Waals surface area contributed by atoms with Gasteiger partial charge in [0.25, 0.3) is 0 Å². The third kappa shape index (κ3) is 30.6. The van der Waals surface area contributed by atoms with Crippen LogP contribution in [0, 0.1) is 0 Å². The van der Waals surface area contributed by atoms with E-state index in [4.69, 9.17) is 18.5 Å². The molecule has 254 valence electrons. The molecule has 0 rings (SSSR count). The molecule has 0 aromatic rings. The molecule has 0 aliphatic rings. The zero-order valence-electron chi connectivity index (χ0n) is 27.9. The first kappa shape index (κ1) is 41.8. The van der Waals surface area contributed by atoms with Crippen LogP contribution in [0.2, 0.25) is 0 Å². The maximum absolute atomic E-state index is 12.4. The summed E-state index contributed by atoms with van der Waals surface area (Å²) in [5.74, 6) is -0.807. The van der Waals surface area contributed by atoms with Crippen molar-refractivity contribution in [3.8, 4) is 0 Å². The van der Waals surface area contributed by atoms with Crippen LogP contribution in [-0.2, 0) is 32.7 Å². The van der Waals surface area contributed by atoms with E-state index in [0.717, 1.165) is 51.4 Å². The van der Waals surface area contributed by atoms with Crippen LogP contribution in [0.15, 0.2) is 12.2 Å². The Morgan fingerprint density at radius 2 is 1.05 bits per heavy atom. The number of carbonyl (C=O) groups excluding carboxylic acids is 2. The molecule has 2 atom stereocenters. The van der Waals surface area contributed by atoms with Crippen molar-refractivity contribution in [3.63, 3.8) is 0 Å². The minimum Gasteiger partial charge on any atom is -0.462 e. The quantitative estimate of drug-likeness (QED) is 0.0338. The van der Waals surface area contributed by atoms with Crippen molar-refractivity contribution in [3.05, 3.63) is 12.2 Å². The zero-order valence-corrected chi connectivity index (χ0v) is 28.8. The molecule has 43 heavy (non-hydrogen) atoms. The van der Waals surface area contributed by atoms with Gasteiger partial charge >= 0.3 is 19.8 Å². The minimum absolute atomic E-state index is 0.00141. The monoisotopic (exact) mass is 632 g/mol. The van der Waals surface area contributed by atoms with Gasteiger partial charge in [0.2, 0.25) is 0 Å². The second-order valence-corrected chi connectivity index (χ2v) is 13.0. The summed E-state index contributed by atoms with van der Waals surface area (Å²) in [7, 11) is -4.26. The summed E-state index contributed by atoms with van der Waals surface area (Å²) in [6.45, 7) is 5.41. The van der Waals surface area contributed by atoms with Gasteiger partial charge < -0.3 is 14.4 Å². The molecular weight excluding hydrogens is 567 g/mol. The lowest BCUT2D eigenvalue weighted by Crippen LogP contribution is -2.29. The molecule has 0 heterocycles. The number of phosphoric ester groups is 1. The number of esters is 2. The van der Waals surface area contributed by atoms with Crippen molar-refractivity contribution in [2.24, 2.45) is 0 Å². The molecule has 0 spiro atoms. The van der Waals surface area contributed by atoms with Crippen molar-refractivity contribution < 1.29 is 37.6 Å². The molecule has 0 aromatic heterocycles. The van der Waals surface area contributed by atoms with Gasteiger partial charge in [0.05, 0.1) is 13.2 Å². The highest BCUT2D eigenvalue weighted by Crippen LogP contribution is 2.43. The summed E-state index contributed by atoms with van der Waals surface area (Å²) >= 11 is 0. The van der Waals surface area contributed by atoms with Crippen LogP contribution in [-0.4, -0.2) is 42.8 Å². The van der Waals surface area contributed by atoms with Crippen LogP contribution >= 0.6 is 7.82 Å². The van der Waals surface area contributed by atoms with Gasteiger partial charge in [0.1, 0.15) is 6.61 Å². The van der Waals surface area contributed by atoms with Crippen LogP contribution in [0.5, 0.6) is 0 Å². The number of hydrogen-bond acceptors (Lipinski definition) is 7. The van der Waals surface area contributed by atoms with E-state index in [1.54, 1.807) is 6.92 Å². The van der Waals surface area contributed by atoms with E-state index < -0.39 is 26.5 Å². The van der Waals surface area contributed by atoms with E-state index in [1.165, 1.54) is 77.0 Å². The van der Waals surface area contributed by atoms with E-state index in [0.29, 0.717) is 12.8 Å². The Hall–Kier alpha value is -1.21. The maximum atomic E-state index is 12.4. The SMILES string of the molecule is CCCCC/C=C\CCCCCCCC(=O)OC(COC(=O)CCCCCCCCCCCCC)COP(=O)(O)OCC. The van der Waals surface area contributed by atoms with Gasteiger partial charge in [-0.3, -0.25) is 18.6 Å². The van der Waals surface area contributed by atoms with Gasteiger partial charge in [-0.1, -0.05) is 122 Å². The first-order chi connectivity index (χ1) is 20.8. The lowest BCUT2D eigenvalue weighted by Gasteiger charge is -2.19. The Morgan fingerprint density at radius 3 is 1.58 bits per heavy atom. The molecule has 8 nitrogen and oxygen atoms in total. The minimum atomic E-state index is -4.26. The normalized spacial score (nSPS) is 13.7. The lowest BCUT2D eigenvalue weighted by atomic mass is 10.1. The van der Waals surface area contributed by atoms with E-state index in [9.17, 15) is 19.0 Å². The Balaban J connectivity index is 4.21. The van der Waals surface area contributed by atoms with Crippen molar-refractivity contribution in [1.29, 1.82) is 0 Å². The largest absolute Gasteiger partial charge is 0.472 e. The molecular formula is C34H65O8P. The number of rotatable bonds is 32. The van der Waals surface area contributed by atoms with Gasteiger partial charge in [0, 0.05) is 12.8 Å². The molecule has 0 radical (unpaired) electrons. The standard InChI is InChI=1S/C34H65O8P/c1-4-7-9-11-13-15-17-19-21-23-25-27-29-34(36)42-32(31-41-43(37,38)40-6-3)30-39-33(35)28-26-24-22-20-18-16-14-12-10-8-5-2/h13,15,32H,4-12,14,16-31H2,1-3H3,(H,37,38)/b15-13-. The molecule has 0 amide bonds. The Labute approximate surface area is 263 Å². The van der Waals surface area contributed by atoms with Gasteiger partial charge in [-0.25, -0.2) is 4.57 Å². The zero-order chi connectivity index (χ0) is 31.9. The number of hydrogen-bond donors (Lipinski definition) is 1. The fourth-order valence-corrected chi connectivity index (χ4v) is 5.50. The third-order valence-corrected chi connectivity index (χ3v) is 8.38. The highest BCUT2D eigenvalue weighted by Gasteiger charge is 2.25. The summed E-state index contributed by atoms with van der Waals surface area (Å²) < 4.78 is 32.4. The Kier molecular flexibility index (Phi) is 29.9. The van der Waals surface area contributed by atoms with Gasteiger partial charge in [-0.2, -0.15) is 0 Å². The molecule has 0 bridgehead atoms. The van der Waals surface area contributed by atoms with Gasteiger partial charge in [-0.15, -0.1) is 0 Å². The first-order valence-corrected chi connectivity index (χ1v) is 19.0. The summed E-state index contributed by atoms with van der Waals surface area (Å²) in [5.41, 5.74) is 0. The smallest absolute Gasteiger partial charge is 0.462 e. The molecule has 0 saturated heterocycles. The second kappa shape index (κ2) is 30.8. The summed E-state index contributed by atoms with van der Waals surface area (Å²) in [6.07, 6.45) is 28.3. The molecule has 0 saturated carbocycles. The van der Waals surface area contributed by atoms with Crippen LogP contribution in [0.4, 0.5) is 0 Å². The average molecular weight is 633 g/mol. The third-order valence-electron chi connectivity index (χ3n) is 7.32. The van der Waals surface area contributed by atoms with E-state index in [2.05, 4.69) is 26.0 Å². The van der Waals surface area contributed by atoms with Crippen LogP contribution in [0.3, 0.4) is 0 Å². The summed E-state index contributed by atoms with van der Waals surface area (Å²) in [6, 6.07) is 0. The van der Waals surface area contributed by atoms with Crippen LogP contribution < -0.4 is 0 Å². The fraction of sp³-hybridized carbons (Fsp3) is 0.882.